The van der Waals surface area contributed by atoms with Gasteiger partial charge in [0, 0.05) is 19.3 Å². The molecule has 0 saturated carbocycles. The van der Waals surface area contributed by atoms with Gasteiger partial charge >= 0.3 is 0 Å². The van der Waals surface area contributed by atoms with E-state index in [0.29, 0.717) is 18.2 Å². The molecule has 0 radical (unpaired) electrons. The Morgan fingerprint density at radius 2 is 2.41 bits per heavy atom. The molecule has 4 nitrogen and oxygen atoms in total. The molecule has 92 valence electrons. The molecule has 1 aromatic rings. The van der Waals surface area contributed by atoms with E-state index in [0.717, 1.165) is 25.9 Å². The van der Waals surface area contributed by atoms with Crippen LogP contribution in [-0.2, 0) is 0 Å². The van der Waals surface area contributed by atoms with Crippen LogP contribution in [0, 0.1) is 5.92 Å². The number of carbonyl (C=O) groups is 1. The average Bonchev–Trinajstić information content (AvgIpc) is 2.40. The molecule has 17 heavy (non-hydrogen) atoms. The van der Waals surface area contributed by atoms with Crippen molar-refractivity contribution < 1.29 is 4.79 Å². The smallest absolute Gasteiger partial charge is 0.272 e. The molecule has 2 heterocycles. The number of hydrogen-bond acceptors (Lipinski definition) is 3. The molecule has 0 aromatic carbocycles. The van der Waals surface area contributed by atoms with Crippen LogP contribution in [0.4, 0.5) is 0 Å². The van der Waals surface area contributed by atoms with Crippen LogP contribution in [0.15, 0.2) is 24.4 Å². The number of nitrogens with zero attached hydrogens (tertiary/aromatic N) is 2. The summed E-state index contributed by atoms with van der Waals surface area (Å²) in [6.45, 7) is 2.37. The fraction of sp³-hybridized carbons (Fsp3) is 0.538. The van der Waals surface area contributed by atoms with Crippen LogP contribution in [0.3, 0.4) is 0 Å². The molecule has 1 unspecified atom stereocenters. The van der Waals surface area contributed by atoms with Gasteiger partial charge < -0.3 is 10.6 Å². The molecule has 2 rings (SSSR count). The highest BCUT2D eigenvalue weighted by atomic mass is 16.2. The second-order valence-corrected chi connectivity index (χ2v) is 4.55. The topological polar surface area (TPSA) is 59.2 Å². The van der Waals surface area contributed by atoms with Crippen LogP contribution in [0.25, 0.3) is 0 Å². The Kier molecular flexibility index (Phi) is 4.09. The molecule has 0 bridgehead atoms. The molecule has 1 amide bonds. The van der Waals surface area contributed by atoms with E-state index >= 15 is 0 Å². The molecule has 1 fully saturated rings. The van der Waals surface area contributed by atoms with E-state index in [2.05, 4.69) is 4.98 Å². The Morgan fingerprint density at radius 3 is 3.12 bits per heavy atom. The number of piperidine rings is 1. The molecular weight excluding hydrogens is 214 g/mol. The molecule has 0 spiro atoms. The number of hydrogen-bond donors (Lipinski definition) is 1. The van der Waals surface area contributed by atoms with Crippen molar-refractivity contribution in [1.29, 1.82) is 0 Å². The first kappa shape index (κ1) is 12.0. The second-order valence-electron chi connectivity index (χ2n) is 4.55. The molecule has 1 saturated heterocycles. The van der Waals surface area contributed by atoms with E-state index in [-0.39, 0.29) is 5.91 Å². The van der Waals surface area contributed by atoms with Gasteiger partial charge in [-0.3, -0.25) is 9.78 Å². The lowest BCUT2D eigenvalue weighted by atomic mass is 9.94. The van der Waals surface area contributed by atoms with Crippen LogP contribution in [0.1, 0.15) is 29.8 Å². The summed E-state index contributed by atoms with van der Waals surface area (Å²) in [4.78, 5) is 18.2. The minimum atomic E-state index is 0.0484. The Bertz CT molecular complexity index is 364. The zero-order valence-electron chi connectivity index (χ0n) is 10.0. The molecular formula is C13H19N3O. The number of aromatic nitrogens is 1. The predicted octanol–water partition coefficient (Wildman–Crippen LogP) is 1.28. The Hall–Kier alpha value is -1.42. The maximum Gasteiger partial charge on any atom is 0.272 e. The summed E-state index contributed by atoms with van der Waals surface area (Å²) >= 11 is 0. The standard InChI is InChI=1S/C13H19N3O/c14-7-6-11-4-3-9-16(10-11)13(17)12-5-1-2-8-15-12/h1-2,5,8,11H,3-4,6-7,9-10,14H2. The van der Waals surface area contributed by atoms with E-state index in [9.17, 15) is 4.79 Å². The fourth-order valence-electron chi connectivity index (χ4n) is 2.37. The monoisotopic (exact) mass is 233 g/mol. The Labute approximate surface area is 102 Å². The summed E-state index contributed by atoms with van der Waals surface area (Å²) in [5.74, 6) is 0.605. The predicted molar refractivity (Wildman–Crippen MR) is 66.5 cm³/mol. The SMILES string of the molecule is NCCC1CCCN(C(=O)c2ccccn2)C1. The molecule has 1 aliphatic rings. The number of pyridine rings is 1. The quantitative estimate of drug-likeness (QED) is 0.855. The van der Waals surface area contributed by atoms with Crippen molar-refractivity contribution >= 4 is 5.91 Å². The zero-order valence-corrected chi connectivity index (χ0v) is 10.0. The number of likely N-dealkylation sites (tertiary alicyclic amines) is 1. The summed E-state index contributed by atoms with van der Waals surface area (Å²) in [6, 6.07) is 5.45. The van der Waals surface area contributed by atoms with Crippen molar-refractivity contribution in [3.8, 4) is 0 Å². The third-order valence-corrected chi connectivity index (χ3v) is 3.27. The number of amides is 1. The normalized spacial score (nSPS) is 20.3. The average molecular weight is 233 g/mol. The minimum Gasteiger partial charge on any atom is -0.337 e. The Morgan fingerprint density at radius 1 is 1.53 bits per heavy atom. The lowest BCUT2D eigenvalue weighted by Gasteiger charge is -2.32. The van der Waals surface area contributed by atoms with E-state index in [1.807, 2.05) is 17.0 Å². The van der Waals surface area contributed by atoms with Crippen molar-refractivity contribution in [3.05, 3.63) is 30.1 Å². The van der Waals surface area contributed by atoms with Crippen molar-refractivity contribution in [1.82, 2.24) is 9.88 Å². The molecule has 1 aromatic heterocycles. The molecule has 0 aliphatic carbocycles. The van der Waals surface area contributed by atoms with Crippen molar-refractivity contribution in [2.45, 2.75) is 19.3 Å². The van der Waals surface area contributed by atoms with Crippen molar-refractivity contribution in [2.24, 2.45) is 11.7 Å². The first-order valence-electron chi connectivity index (χ1n) is 6.21. The zero-order chi connectivity index (χ0) is 12.1. The maximum absolute atomic E-state index is 12.2. The van der Waals surface area contributed by atoms with Crippen LogP contribution >= 0.6 is 0 Å². The number of nitrogens with two attached hydrogens (primary N) is 1. The van der Waals surface area contributed by atoms with Gasteiger partial charge in [0.1, 0.15) is 5.69 Å². The van der Waals surface area contributed by atoms with Gasteiger partial charge in [-0.05, 0) is 43.9 Å². The van der Waals surface area contributed by atoms with Crippen LogP contribution in [0.2, 0.25) is 0 Å². The lowest BCUT2D eigenvalue weighted by Crippen LogP contribution is -2.40. The van der Waals surface area contributed by atoms with Gasteiger partial charge in [0.15, 0.2) is 0 Å². The highest BCUT2D eigenvalue weighted by Crippen LogP contribution is 2.20. The van der Waals surface area contributed by atoms with Crippen LogP contribution in [-0.4, -0.2) is 35.4 Å². The van der Waals surface area contributed by atoms with E-state index in [4.69, 9.17) is 5.73 Å². The third kappa shape index (κ3) is 3.03. The van der Waals surface area contributed by atoms with Gasteiger partial charge in [0.2, 0.25) is 0 Å². The molecule has 2 N–H and O–H groups in total. The minimum absolute atomic E-state index is 0.0484. The first-order valence-corrected chi connectivity index (χ1v) is 6.21. The van der Waals surface area contributed by atoms with Crippen LogP contribution in [0.5, 0.6) is 0 Å². The van der Waals surface area contributed by atoms with Gasteiger partial charge in [0.05, 0.1) is 0 Å². The summed E-state index contributed by atoms with van der Waals surface area (Å²) < 4.78 is 0. The Balaban J connectivity index is 2.00. The van der Waals surface area contributed by atoms with Gasteiger partial charge in [-0.1, -0.05) is 6.07 Å². The highest BCUT2D eigenvalue weighted by molar-refractivity contribution is 5.92. The van der Waals surface area contributed by atoms with E-state index in [1.54, 1.807) is 12.3 Å². The van der Waals surface area contributed by atoms with E-state index < -0.39 is 0 Å². The maximum atomic E-state index is 12.2. The summed E-state index contributed by atoms with van der Waals surface area (Å²) in [6.07, 6.45) is 4.92. The van der Waals surface area contributed by atoms with Gasteiger partial charge in [0.25, 0.3) is 5.91 Å². The van der Waals surface area contributed by atoms with Crippen molar-refractivity contribution in [3.63, 3.8) is 0 Å². The summed E-state index contributed by atoms with van der Waals surface area (Å²) in [5.41, 5.74) is 6.12. The van der Waals surface area contributed by atoms with Gasteiger partial charge in [-0.2, -0.15) is 0 Å². The molecule has 1 atom stereocenters. The molecule has 1 aliphatic heterocycles. The van der Waals surface area contributed by atoms with Crippen LogP contribution < -0.4 is 5.73 Å². The second kappa shape index (κ2) is 5.77. The highest BCUT2D eigenvalue weighted by Gasteiger charge is 2.24. The number of rotatable bonds is 3. The van der Waals surface area contributed by atoms with Crippen molar-refractivity contribution in [2.75, 3.05) is 19.6 Å². The number of carbonyl (C=O) groups excluding carboxylic acids is 1. The lowest BCUT2D eigenvalue weighted by molar-refractivity contribution is 0.0663. The van der Waals surface area contributed by atoms with Gasteiger partial charge in [-0.25, -0.2) is 0 Å². The third-order valence-electron chi connectivity index (χ3n) is 3.27. The fourth-order valence-corrected chi connectivity index (χ4v) is 2.37. The first-order chi connectivity index (χ1) is 8.31. The summed E-state index contributed by atoms with van der Waals surface area (Å²) in [7, 11) is 0. The van der Waals surface area contributed by atoms with E-state index in [1.165, 1.54) is 6.42 Å². The summed E-state index contributed by atoms with van der Waals surface area (Å²) in [5, 5.41) is 0. The van der Waals surface area contributed by atoms with Gasteiger partial charge in [-0.15, -0.1) is 0 Å². The molecule has 4 heteroatoms. The largest absolute Gasteiger partial charge is 0.337 e.